The van der Waals surface area contributed by atoms with Gasteiger partial charge in [0.05, 0.1) is 19.2 Å². The van der Waals surface area contributed by atoms with Gasteiger partial charge in [0.15, 0.2) is 11.5 Å². The zero-order chi connectivity index (χ0) is 15.4. The maximum Gasteiger partial charge on any atom is 0.179 e. The zero-order valence-corrected chi connectivity index (χ0v) is 14.3. The first kappa shape index (κ1) is 16.1. The molecule has 2 aromatic rings. The predicted octanol–water partition coefficient (Wildman–Crippen LogP) is 4.33. The van der Waals surface area contributed by atoms with Gasteiger partial charge in [0.2, 0.25) is 0 Å². The van der Waals surface area contributed by atoms with Gasteiger partial charge in [0, 0.05) is 22.8 Å². The van der Waals surface area contributed by atoms with Crippen molar-refractivity contribution < 1.29 is 9.47 Å². The molecule has 0 atom stereocenters. The van der Waals surface area contributed by atoms with Gasteiger partial charge in [-0.1, -0.05) is 17.7 Å². The number of benzene rings is 1. The summed E-state index contributed by atoms with van der Waals surface area (Å²) in [5, 5.41) is 4.02. The number of rotatable bonds is 6. The summed E-state index contributed by atoms with van der Waals surface area (Å²) < 4.78 is 10.5. The summed E-state index contributed by atoms with van der Waals surface area (Å²) in [5.41, 5.74) is 2.35. The molecule has 0 spiro atoms. The molecule has 114 valence electrons. The number of thiophene rings is 1. The molecule has 0 saturated heterocycles. The lowest BCUT2D eigenvalue weighted by Crippen LogP contribution is -2.12. The number of aryl methyl sites for hydroxylation is 2. The molecule has 0 bridgehead atoms. The fraction of sp³-hybridized carbons (Fsp3) is 0.375. The normalized spacial score (nSPS) is 10.7. The van der Waals surface area contributed by atoms with E-state index in [1.807, 2.05) is 23.5 Å². The second-order valence-electron chi connectivity index (χ2n) is 4.83. The average Bonchev–Trinajstić information content (AvgIpc) is 2.79. The van der Waals surface area contributed by atoms with Crippen molar-refractivity contribution in [3.8, 4) is 11.5 Å². The quantitative estimate of drug-likeness (QED) is 0.857. The fourth-order valence-corrected chi connectivity index (χ4v) is 3.45. The summed E-state index contributed by atoms with van der Waals surface area (Å²) in [4.78, 5) is 2.71. The Balaban J connectivity index is 2.03. The van der Waals surface area contributed by atoms with Gasteiger partial charge in [-0.15, -0.1) is 11.3 Å². The van der Waals surface area contributed by atoms with Crippen molar-refractivity contribution in [1.82, 2.24) is 5.32 Å². The third kappa shape index (κ3) is 3.70. The van der Waals surface area contributed by atoms with Crippen molar-refractivity contribution in [2.45, 2.75) is 26.9 Å². The summed E-state index contributed by atoms with van der Waals surface area (Å²) in [6, 6.07) is 6.06. The van der Waals surface area contributed by atoms with Crippen LogP contribution in [0.15, 0.2) is 18.2 Å². The summed E-state index contributed by atoms with van der Waals surface area (Å²) in [6.07, 6.45) is 0. The van der Waals surface area contributed by atoms with Crippen molar-refractivity contribution in [3.63, 3.8) is 0 Å². The maximum atomic E-state index is 6.36. The van der Waals surface area contributed by atoms with Crippen LogP contribution in [-0.2, 0) is 13.1 Å². The Morgan fingerprint density at radius 3 is 2.48 bits per heavy atom. The molecule has 0 aliphatic rings. The maximum absolute atomic E-state index is 6.36. The van der Waals surface area contributed by atoms with Gasteiger partial charge in [0.25, 0.3) is 0 Å². The monoisotopic (exact) mass is 325 g/mol. The molecule has 5 heteroatoms. The third-order valence-electron chi connectivity index (χ3n) is 3.40. The van der Waals surface area contributed by atoms with Gasteiger partial charge in [-0.2, -0.15) is 0 Å². The molecule has 21 heavy (non-hydrogen) atoms. The lowest BCUT2D eigenvalue weighted by molar-refractivity contribution is 0.354. The molecule has 2 rings (SSSR count). The molecule has 1 N–H and O–H groups in total. The topological polar surface area (TPSA) is 30.5 Å². The molecule has 0 aliphatic carbocycles. The lowest BCUT2D eigenvalue weighted by Gasteiger charge is -2.13. The first-order valence-corrected chi connectivity index (χ1v) is 7.92. The molecule has 0 radical (unpaired) electrons. The Bertz CT molecular complexity index is 605. The van der Waals surface area contributed by atoms with E-state index in [2.05, 4.69) is 25.2 Å². The van der Waals surface area contributed by atoms with Gasteiger partial charge < -0.3 is 14.8 Å². The van der Waals surface area contributed by atoms with Crippen LogP contribution in [0.2, 0.25) is 5.02 Å². The van der Waals surface area contributed by atoms with Gasteiger partial charge in [-0.25, -0.2) is 0 Å². The van der Waals surface area contributed by atoms with Crippen LogP contribution >= 0.6 is 22.9 Å². The molecule has 0 unspecified atom stereocenters. The second kappa shape index (κ2) is 7.16. The van der Waals surface area contributed by atoms with Crippen LogP contribution in [0.5, 0.6) is 11.5 Å². The van der Waals surface area contributed by atoms with E-state index in [4.69, 9.17) is 21.1 Å². The minimum Gasteiger partial charge on any atom is -0.493 e. The largest absolute Gasteiger partial charge is 0.493 e. The Morgan fingerprint density at radius 1 is 1.14 bits per heavy atom. The number of nitrogens with one attached hydrogen (secondary N) is 1. The van der Waals surface area contributed by atoms with Crippen molar-refractivity contribution in [3.05, 3.63) is 44.1 Å². The highest BCUT2D eigenvalue weighted by Gasteiger charge is 2.12. The van der Waals surface area contributed by atoms with Gasteiger partial charge in [-0.05, 0) is 37.1 Å². The number of methoxy groups -OCH3 is 2. The van der Waals surface area contributed by atoms with Crippen LogP contribution in [0.4, 0.5) is 0 Å². The summed E-state index contributed by atoms with van der Waals surface area (Å²) in [6.45, 7) is 5.81. The third-order valence-corrected chi connectivity index (χ3v) is 4.96. The Hall–Kier alpha value is -1.23. The molecule has 3 nitrogen and oxygen atoms in total. The van der Waals surface area contributed by atoms with Crippen LogP contribution in [0.25, 0.3) is 0 Å². The number of halogens is 1. The first-order chi connectivity index (χ1) is 10.1. The van der Waals surface area contributed by atoms with Crippen molar-refractivity contribution >= 4 is 22.9 Å². The van der Waals surface area contributed by atoms with Crippen molar-refractivity contribution in [2.24, 2.45) is 0 Å². The molecule has 0 amide bonds. The van der Waals surface area contributed by atoms with E-state index in [1.54, 1.807) is 14.2 Å². The van der Waals surface area contributed by atoms with Gasteiger partial charge >= 0.3 is 0 Å². The van der Waals surface area contributed by atoms with Crippen LogP contribution in [-0.4, -0.2) is 14.2 Å². The van der Waals surface area contributed by atoms with E-state index in [0.717, 1.165) is 12.1 Å². The Morgan fingerprint density at radius 2 is 1.90 bits per heavy atom. The number of hydrogen-bond acceptors (Lipinski definition) is 4. The zero-order valence-electron chi connectivity index (χ0n) is 12.7. The smallest absolute Gasteiger partial charge is 0.179 e. The van der Waals surface area contributed by atoms with Crippen molar-refractivity contribution in [2.75, 3.05) is 14.2 Å². The summed E-state index contributed by atoms with van der Waals surface area (Å²) >= 11 is 8.19. The van der Waals surface area contributed by atoms with Crippen LogP contribution in [0.3, 0.4) is 0 Å². The summed E-state index contributed by atoms with van der Waals surface area (Å²) in [5.74, 6) is 1.23. The highest BCUT2D eigenvalue weighted by Crippen LogP contribution is 2.37. The molecule has 0 aliphatic heterocycles. The molecule has 1 aromatic carbocycles. The lowest BCUT2D eigenvalue weighted by atomic mass is 10.2. The van der Waals surface area contributed by atoms with E-state index in [0.29, 0.717) is 23.1 Å². The fourth-order valence-electron chi connectivity index (χ4n) is 2.12. The average molecular weight is 326 g/mol. The minimum absolute atomic E-state index is 0.585. The van der Waals surface area contributed by atoms with Crippen LogP contribution in [0, 0.1) is 13.8 Å². The molecule has 1 heterocycles. The Kier molecular flexibility index (Phi) is 5.51. The highest BCUT2D eigenvalue weighted by atomic mass is 35.5. The van der Waals surface area contributed by atoms with E-state index >= 15 is 0 Å². The highest BCUT2D eigenvalue weighted by molar-refractivity contribution is 7.12. The first-order valence-electron chi connectivity index (χ1n) is 6.72. The van der Waals surface area contributed by atoms with E-state index in [1.165, 1.54) is 15.3 Å². The molecular formula is C16H20ClNO2S. The minimum atomic E-state index is 0.585. The van der Waals surface area contributed by atoms with E-state index in [9.17, 15) is 0 Å². The SMILES string of the molecule is COc1ccc(CNCc2cc(C)c(C)s2)c(Cl)c1OC. The molecular weight excluding hydrogens is 306 g/mol. The predicted molar refractivity (Wildman–Crippen MR) is 88.9 cm³/mol. The van der Waals surface area contributed by atoms with Crippen LogP contribution < -0.4 is 14.8 Å². The molecule has 0 fully saturated rings. The van der Waals surface area contributed by atoms with E-state index < -0.39 is 0 Å². The standard InChI is InChI=1S/C16H20ClNO2S/c1-10-7-13(21-11(10)2)9-18-8-12-5-6-14(19-3)16(20-4)15(12)17/h5-7,18H,8-9H2,1-4H3. The second-order valence-corrected chi connectivity index (χ2v) is 6.55. The van der Waals surface area contributed by atoms with Gasteiger partial charge in [-0.3, -0.25) is 0 Å². The number of ether oxygens (including phenoxy) is 2. The number of hydrogen-bond donors (Lipinski definition) is 1. The van der Waals surface area contributed by atoms with Gasteiger partial charge in [0.1, 0.15) is 0 Å². The molecule has 0 saturated carbocycles. The summed E-state index contributed by atoms with van der Waals surface area (Å²) in [7, 11) is 3.20. The molecule has 1 aromatic heterocycles. The Labute approximate surface area is 134 Å². The van der Waals surface area contributed by atoms with Crippen molar-refractivity contribution in [1.29, 1.82) is 0 Å². The van der Waals surface area contributed by atoms with E-state index in [-0.39, 0.29) is 0 Å². The van der Waals surface area contributed by atoms with Crippen LogP contribution in [0.1, 0.15) is 20.9 Å².